The molecule has 0 saturated carbocycles. The van der Waals surface area contributed by atoms with Gasteiger partial charge in [0.1, 0.15) is 0 Å². The molecule has 106 valence electrons. The Morgan fingerprint density at radius 3 is 2.85 bits per heavy atom. The number of nitro benzene ring substituents is 1. The number of hydrogen-bond acceptors (Lipinski definition) is 4. The average Bonchev–Trinajstić information content (AvgIpc) is 2.92. The molecule has 1 aromatic heterocycles. The minimum absolute atomic E-state index is 0.0319. The molecule has 0 spiro atoms. The number of hydrogen-bond donors (Lipinski definition) is 1. The van der Waals surface area contributed by atoms with Crippen LogP contribution in [0, 0.1) is 10.1 Å². The van der Waals surface area contributed by atoms with E-state index in [1.165, 1.54) is 6.07 Å². The van der Waals surface area contributed by atoms with Crippen molar-refractivity contribution in [2.75, 3.05) is 5.32 Å². The van der Waals surface area contributed by atoms with Crippen LogP contribution in [-0.4, -0.2) is 14.7 Å². The van der Waals surface area contributed by atoms with Gasteiger partial charge in [-0.15, -0.1) is 0 Å². The van der Waals surface area contributed by atoms with Crippen molar-refractivity contribution in [2.24, 2.45) is 0 Å². The van der Waals surface area contributed by atoms with Crippen LogP contribution in [-0.2, 0) is 6.54 Å². The first kappa shape index (κ1) is 14.0. The highest BCUT2D eigenvalue weighted by atomic mass is 16.6. The van der Waals surface area contributed by atoms with E-state index in [0.717, 1.165) is 24.2 Å². The summed E-state index contributed by atoms with van der Waals surface area (Å²) < 4.78 is 1.84. The van der Waals surface area contributed by atoms with E-state index in [-0.39, 0.29) is 16.7 Å². The minimum atomic E-state index is -0.370. The van der Waals surface area contributed by atoms with Crippen molar-refractivity contribution in [1.29, 1.82) is 0 Å². The summed E-state index contributed by atoms with van der Waals surface area (Å²) in [5, 5.41) is 18.4. The van der Waals surface area contributed by atoms with Gasteiger partial charge in [-0.3, -0.25) is 14.8 Å². The van der Waals surface area contributed by atoms with Gasteiger partial charge in [-0.25, -0.2) is 0 Å². The summed E-state index contributed by atoms with van der Waals surface area (Å²) in [5.41, 5.74) is 1.95. The number of rotatable bonds is 6. The largest absolute Gasteiger partial charge is 0.376 e. The number of anilines is 1. The zero-order valence-corrected chi connectivity index (χ0v) is 11.6. The molecule has 0 aliphatic rings. The molecule has 0 aliphatic carbocycles. The molecule has 1 atom stereocenters. The Morgan fingerprint density at radius 1 is 1.45 bits per heavy atom. The van der Waals surface area contributed by atoms with Crippen molar-refractivity contribution in [2.45, 2.75) is 32.9 Å². The highest BCUT2D eigenvalue weighted by molar-refractivity contribution is 5.44. The van der Waals surface area contributed by atoms with E-state index in [1.54, 1.807) is 18.3 Å². The summed E-state index contributed by atoms with van der Waals surface area (Å²) >= 11 is 0. The number of non-ortho nitro benzene ring substituents is 1. The number of nitro groups is 1. The van der Waals surface area contributed by atoms with Crippen molar-refractivity contribution in [3.8, 4) is 0 Å². The van der Waals surface area contributed by atoms with Crippen molar-refractivity contribution in [3.05, 3.63) is 52.3 Å². The van der Waals surface area contributed by atoms with E-state index >= 15 is 0 Å². The van der Waals surface area contributed by atoms with E-state index in [4.69, 9.17) is 0 Å². The molecule has 0 bridgehead atoms. The Labute approximate surface area is 117 Å². The predicted molar refractivity (Wildman–Crippen MR) is 77.7 cm³/mol. The van der Waals surface area contributed by atoms with Crippen LogP contribution in [0.25, 0.3) is 0 Å². The van der Waals surface area contributed by atoms with Gasteiger partial charge in [-0.2, -0.15) is 5.10 Å². The maximum absolute atomic E-state index is 10.8. The number of nitrogens with one attached hydrogen (secondary N) is 1. The number of aromatic nitrogens is 2. The van der Waals surface area contributed by atoms with Crippen LogP contribution in [0.3, 0.4) is 0 Å². The van der Waals surface area contributed by atoms with Gasteiger partial charge in [0.2, 0.25) is 0 Å². The highest BCUT2D eigenvalue weighted by Gasteiger charge is 2.13. The molecule has 2 aromatic rings. The van der Waals surface area contributed by atoms with Crippen molar-refractivity contribution < 1.29 is 4.92 Å². The number of benzene rings is 1. The summed E-state index contributed by atoms with van der Waals surface area (Å²) in [6, 6.07) is 6.77. The lowest BCUT2D eigenvalue weighted by molar-refractivity contribution is -0.384. The Bertz CT molecular complexity index is 594. The highest BCUT2D eigenvalue weighted by Crippen LogP contribution is 2.25. The molecule has 0 amide bonds. The van der Waals surface area contributed by atoms with Gasteiger partial charge in [-0.1, -0.05) is 19.1 Å². The molecule has 1 heterocycles. The molecule has 0 radical (unpaired) electrons. The average molecular weight is 274 g/mol. The lowest BCUT2D eigenvalue weighted by Crippen LogP contribution is -2.09. The molecule has 0 fully saturated rings. The van der Waals surface area contributed by atoms with Gasteiger partial charge in [-0.05, 0) is 18.9 Å². The second-order valence-corrected chi connectivity index (χ2v) is 4.54. The van der Waals surface area contributed by atoms with Gasteiger partial charge < -0.3 is 5.32 Å². The zero-order valence-electron chi connectivity index (χ0n) is 11.6. The molecule has 0 saturated heterocycles. The standard InChI is InChI=1S/C14H18N4O2/c1-3-14(16-12-9-15-17(4-2)10-12)11-6-5-7-13(8-11)18(19)20/h5-10,14,16H,3-4H2,1-2H3. The Morgan fingerprint density at radius 2 is 2.25 bits per heavy atom. The maximum Gasteiger partial charge on any atom is 0.269 e. The van der Waals surface area contributed by atoms with Gasteiger partial charge in [0.15, 0.2) is 0 Å². The second-order valence-electron chi connectivity index (χ2n) is 4.54. The normalized spacial score (nSPS) is 12.1. The van der Waals surface area contributed by atoms with Crippen LogP contribution >= 0.6 is 0 Å². The number of aryl methyl sites for hydroxylation is 1. The summed E-state index contributed by atoms with van der Waals surface area (Å²) in [6.07, 6.45) is 4.53. The maximum atomic E-state index is 10.8. The van der Waals surface area contributed by atoms with Crippen LogP contribution in [0.4, 0.5) is 11.4 Å². The minimum Gasteiger partial charge on any atom is -0.376 e. The molecular formula is C14H18N4O2. The van der Waals surface area contributed by atoms with Crippen LogP contribution in [0.5, 0.6) is 0 Å². The fourth-order valence-corrected chi connectivity index (χ4v) is 2.09. The lowest BCUT2D eigenvalue weighted by atomic mass is 10.0. The zero-order chi connectivity index (χ0) is 14.5. The summed E-state index contributed by atoms with van der Waals surface area (Å²) in [6.45, 7) is 4.88. The van der Waals surface area contributed by atoms with Gasteiger partial charge >= 0.3 is 0 Å². The molecule has 20 heavy (non-hydrogen) atoms. The first-order valence-electron chi connectivity index (χ1n) is 6.67. The summed E-state index contributed by atoms with van der Waals surface area (Å²) in [4.78, 5) is 10.5. The van der Waals surface area contributed by atoms with Crippen LogP contribution in [0.1, 0.15) is 31.9 Å². The van der Waals surface area contributed by atoms with E-state index in [1.807, 2.05) is 30.8 Å². The first-order valence-corrected chi connectivity index (χ1v) is 6.67. The molecule has 6 nitrogen and oxygen atoms in total. The van der Waals surface area contributed by atoms with Crippen molar-refractivity contribution in [1.82, 2.24) is 9.78 Å². The molecule has 0 aliphatic heterocycles. The predicted octanol–water partition coefficient (Wildman–Crippen LogP) is 3.37. The van der Waals surface area contributed by atoms with Crippen molar-refractivity contribution in [3.63, 3.8) is 0 Å². The van der Waals surface area contributed by atoms with E-state index in [9.17, 15) is 10.1 Å². The lowest BCUT2D eigenvalue weighted by Gasteiger charge is -2.17. The SMILES string of the molecule is CCC(Nc1cnn(CC)c1)c1cccc([N+](=O)[O-])c1. The number of nitrogens with zero attached hydrogens (tertiary/aromatic N) is 3. The van der Waals surface area contributed by atoms with Crippen molar-refractivity contribution >= 4 is 11.4 Å². The van der Waals surface area contributed by atoms with E-state index in [0.29, 0.717) is 0 Å². The topological polar surface area (TPSA) is 73.0 Å². The third-order valence-corrected chi connectivity index (χ3v) is 3.19. The molecule has 1 unspecified atom stereocenters. The van der Waals surface area contributed by atoms with Gasteiger partial charge in [0.25, 0.3) is 5.69 Å². The van der Waals surface area contributed by atoms with Gasteiger partial charge in [0.05, 0.1) is 22.8 Å². The Kier molecular flexibility index (Phi) is 4.34. The van der Waals surface area contributed by atoms with Crippen LogP contribution < -0.4 is 5.32 Å². The van der Waals surface area contributed by atoms with Gasteiger partial charge in [0, 0.05) is 24.9 Å². The second kappa shape index (κ2) is 6.18. The third kappa shape index (κ3) is 3.14. The monoisotopic (exact) mass is 274 g/mol. The van der Waals surface area contributed by atoms with E-state index in [2.05, 4.69) is 10.4 Å². The summed E-state index contributed by atoms with van der Waals surface area (Å²) in [7, 11) is 0. The molecule has 2 rings (SSSR count). The molecular weight excluding hydrogens is 256 g/mol. The molecule has 1 aromatic carbocycles. The first-order chi connectivity index (χ1) is 9.63. The smallest absolute Gasteiger partial charge is 0.269 e. The summed E-state index contributed by atoms with van der Waals surface area (Å²) in [5.74, 6) is 0. The third-order valence-electron chi connectivity index (χ3n) is 3.19. The molecule has 1 N–H and O–H groups in total. The quantitative estimate of drug-likeness (QED) is 0.647. The van der Waals surface area contributed by atoms with Crippen LogP contribution in [0.15, 0.2) is 36.7 Å². The van der Waals surface area contributed by atoms with E-state index < -0.39 is 0 Å². The fraction of sp³-hybridized carbons (Fsp3) is 0.357. The fourth-order valence-electron chi connectivity index (χ4n) is 2.09. The van der Waals surface area contributed by atoms with Crippen LogP contribution in [0.2, 0.25) is 0 Å². The molecule has 6 heteroatoms. The Hall–Kier alpha value is -2.37. The Balaban J connectivity index is 2.19.